The summed E-state index contributed by atoms with van der Waals surface area (Å²) >= 11 is 5.18. The minimum Gasteiger partial charge on any atom is -0.389 e. The fourth-order valence-corrected chi connectivity index (χ4v) is 3.97. The molecule has 0 aromatic carbocycles. The van der Waals surface area contributed by atoms with E-state index in [2.05, 4.69) is 33.4 Å². The number of rotatable bonds is 3. The van der Waals surface area contributed by atoms with Crippen LogP contribution in [0, 0.1) is 5.92 Å². The molecule has 0 bridgehead atoms. The molecule has 2 rings (SSSR count). The lowest BCUT2D eigenvalue weighted by molar-refractivity contribution is -0.00953. The third-order valence-corrected chi connectivity index (χ3v) is 4.96. The SMILES string of the molecule is CC(O)(Cc1ccc(Br)s1)C1CCCNC1. The van der Waals surface area contributed by atoms with Crippen LogP contribution in [0.3, 0.4) is 0 Å². The maximum absolute atomic E-state index is 10.6. The van der Waals surface area contributed by atoms with Gasteiger partial charge in [0, 0.05) is 23.8 Å². The molecule has 1 saturated heterocycles. The number of hydrogen-bond donors (Lipinski definition) is 2. The van der Waals surface area contributed by atoms with E-state index in [0.29, 0.717) is 5.92 Å². The molecule has 0 saturated carbocycles. The van der Waals surface area contributed by atoms with Gasteiger partial charge in [0.15, 0.2) is 0 Å². The van der Waals surface area contributed by atoms with Crippen LogP contribution in [0.1, 0.15) is 24.6 Å². The van der Waals surface area contributed by atoms with Crippen molar-refractivity contribution in [3.8, 4) is 0 Å². The van der Waals surface area contributed by atoms with Gasteiger partial charge in [0.25, 0.3) is 0 Å². The van der Waals surface area contributed by atoms with Crippen molar-refractivity contribution in [2.24, 2.45) is 5.92 Å². The Morgan fingerprint density at radius 2 is 2.44 bits per heavy atom. The molecule has 2 N–H and O–H groups in total. The molecule has 90 valence electrons. The maximum Gasteiger partial charge on any atom is 0.0707 e. The number of nitrogens with one attached hydrogen (secondary N) is 1. The lowest BCUT2D eigenvalue weighted by atomic mass is 9.81. The fourth-order valence-electron chi connectivity index (χ4n) is 2.33. The molecule has 2 heterocycles. The lowest BCUT2D eigenvalue weighted by Gasteiger charge is -2.35. The number of piperidine rings is 1. The second-order valence-corrected chi connectivity index (χ2v) is 7.33. The van der Waals surface area contributed by atoms with E-state index < -0.39 is 5.60 Å². The monoisotopic (exact) mass is 303 g/mol. The number of aliphatic hydroxyl groups is 1. The van der Waals surface area contributed by atoms with Crippen molar-refractivity contribution in [2.45, 2.75) is 31.8 Å². The van der Waals surface area contributed by atoms with Crippen molar-refractivity contribution in [2.75, 3.05) is 13.1 Å². The van der Waals surface area contributed by atoms with Gasteiger partial charge in [0.2, 0.25) is 0 Å². The summed E-state index contributed by atoms with van der Waals surface area (Å²) in [6.45, 7) is 4.01. The van der Waals surface area contributed by atoms with E-state index in [1.807, 2.05) is 6.92 Å². The Labute approximate surface area is 109 Å². The van der Waals surface area contributed by atoms with Crippen molar-refractivity contribution in [3.05, 3.63) is 20.8 Å². The van der Waals surface area contributed by atoms with Crippen LogP contribution in [0.25, 0.3) is 0 Å². The molecule has 1 aromatic heterocycles. The van der Waals surface area contributed by atoms with Crippen molar-refractivity contribution in [1.82, 2.24) is 5.32 Å². The van der Waals surface area contributed by atoms with Crippen LogP contribution >= 0.6 is 27.3 Å². The second-order valence-electron chi connectivity index (χ2n) is 4.78. The van der Waals surface area contributed by atoms with Crippen LogP contribution in [-0.2, 0) is 6.42 Å². The van der Waals surface area contributed by atoms with E-state index in [9.17, 15) is 5.11 Å². The highest BCUT2D eigenvalue weighted by atomic mass is 79.9. The summed E-state index contributed by atoms with van der Waals surface area (Å²) in [4.78, 5) is 1.25. The molecular weight excluding hydrogens is 286 g/mol. The van der Waals surface area contributed by atoms with Gasteiger partial charge in [-0.1, -0.05) is 0 Å². The van der Waals surface area contributed by atoms with Crippen molar-refractivity contribution in [1.29, 1.82) is 0 Å². The zero-order valence-corrected chi connectivity index (χ0v) is 11.9. The van der Waals surface area contributed by atoms with Gasteiger partial charge in [-0.15, -0.1) is 11.3 Å². The van der Waals surface area contributed by atoms with Gasteiger partial charge in [0.1, 0.15) is 0 Å². The predicted octanol–water partition coefficient (Wildman–Crippen LogP) is 2.80. The van der Waals surface area contributed by atoms with Crippen molar-refractivity contribution >= 4 is 27.3 Å². The standard InChI is InChI=1S/C12H18BrNOS/c1-12(15,9-3-2-6-14-8-9)7-10-4-5-11(13)16-10/h4-5,9,14-15H,2-3,6-8H2,1H3. The van der Waals surface area contributed by atoms with Gasteiger partial charge < -0.3 is 10.4 Å². The minimum atomic E-state index is -0.586. The van der Waals surface area contributed by atoms with E-state index >= 15 is 0 Å². The first-order valence-electron chi connectivity index (χ1n) is 5.75. The van der Waals surface area contributed by atoms with Crippen LogP contribution in [-0.4, -0.2) is 23.8 Å². The fraction of sp³-hybridized carbons (Fsp3) is 0.667. The first-order chi connectivity index (χ1) is 7.58. The van der Waals surface area contributed by atoms with Crippen LogP contribution in [0.15, 0.2) is 15.9 Å². The van der Waals surface area contributed by atoms with E-state index in [0.717, 1.165) is 29.7 Å². The number of thiophene rings is 1. The molecular formula is C12H18BrNOS. The third kappa shape index (κ3) is 3.06. The molecule has 0 amide bonds. The Balaban J connectivity index is 2.00. The molecule has 4 heteroatoms. The van der Waals surface area contributed by atoms with Gasteiger partial charge in [-0.05, 0) is 54.4 Å². The van der Waals surface area contributed by atoms with Crippen LogP contribution in [0.5, 0.6) is 0 Å². The van der Waals surface area contributed by atoms with Gasteiger partial charge in [-0.25, -0.2) is 0 Å². The van der Waals surface area contributed by atoms with Gasteiger partial charge >= 0.3 is 0 Å². The molecule has 16 heavy (non-hydrogen) atoms. The summed E-state index contributed by atoms with van der Waals surface area (Å²) in [5.41, 5.74) is -0.586. The van der Waals surface area contributed by atoms with Crippen LogP contribution in [0.2, 0.25) is 0 Å². The quantitative estimate of drug-likeness (QED) is 0.900. The summed E-state index contributed by atoms with van der Waals surface area (Å²) in [6, 6.07) is 4.15. The average Bonchev–Trinajstić information content (AvgIpc) is 2.64. The van der Waals surface area contributed by atoms with Crippen LogP contribution < -0.4 is 5.32 Å². The number of halogens is 1. The predicted molar refractivity (Wildman–Crippen MR) is 71.9 cm³/mol. The highest BCUT2D eigenvalue weighted by Gasteiger charge is 2.33. The molecule has 1 aromatic rings. The Kier molecular flexibility index (Phi) is 4.06. The lowest BCUT2D eigenvalue weighted by Crippen LogP contribution is -2.45. The first-order valence-corrected chi connectivity index (χ1v) is 7.36. The molecule has 1 aliphatic heterocycles. The highest BCUT2D eigenvalue weighted by molar-refractivity contribution is 9.11. The molecule has 0 radical (unpaired) electrons. The summed E-state index contributed by atoms with van der Waals surface area (Å²) in [5, 5.41) is 13.9. The van der Waals surface area contributed by atoms with E-state index in [4.69, 9.17) is 0 Å². The summed E-state index contributed by atoms with van der Waals surface area (Å²) in [5.74, 6) is 0.377. The summed E-state index contributed by atoms with van der Waals surface area (Å²) in [6.07, 6.45) is 3.07. The smallest absolute Gasteiger partial charge is 0.0707 e. The Morgan fingerprint density at radius 3 is 3.00 bits per heavy atom. The normalized spacial score (nSPS) is 25.3. The maximum atomic E-state index is 10.6. The zero-order valence-electron chi connectivity index (χ0n) is 9.50. The average molecular weight is 304 g/mol. The van der Waals surface area contributed by atoms with Crippen molar-refractivity contribution < 1.29 is 5.11 Å². The summed E-state index contributed by atoms with van der Waals surface area (Å²) < 4.78 is 1.14. The minimum absolute atomic E-state index is 0.377. The highest BCUT2D eigenvalue weighted by Crippen LogP contribution is 2.31. The van der Waals surface area contributed by atoms with Crippen LogP contribution in [0.4, 0.5) is 0 Å². The Bertz CT molecular complexity index is 345. The molecule has 1 fully saturated rings. The largest absolute Gasteiger partial charge is 0.389 e. The molecule has 2 atom stereocenters. The van der Waals surface area contributed by atoms with Gasteiger partial charge in [-0.3, -0.25) is 0 Å². The topological polar surface area (TPSA) is 32.3 Å². The molecule has 1 aliphatic rings. The zero-order chi connectivity index (χ0) is 11.6. The molecule has 2 nitrogen and oxygen atoms in total. The van der Waals surface area contributed by atoms with E-state index in [1.165, 1.54) is 11.3 Å². The van der Waals surface area contributed by atoms with Gasteiger partial charge in [-0.2, -0.15) is 0 Å². The Morgan fingerprint density at radius 1 is 1.62 bits per heavy atom. The number of hydrogen-bond acceptors (Lipinski definition) is 3. The summed E-state index contributed by atoms with van der Waals surface area (Å²) in [7, 11) is 0. The first kappa shape index (κ1) is 12.6. The Hall–Kier alpha value is 0.1000. The molecule has 2 unspecified atom stereocenters. The van der Waals surface area contributed by atoms with Gasteiger partial charge in [0.05, 0.1) is 9.39 Å². The third-order valence-electron chi connectivity index (χ3n) is 3.34. The second kappa shape index (κ2) is 5.17. The molecule has 0 spiro atoms. The van der Waals surface area contributed by atoms with Crippen molar-refractivity contribution in [3.63, 3.8) is 0 Å². The molecule has 0 aliphatic carbocycles. The van der Waals surface area contributed by atoms with E-state index in [-0.39, 0.29) is 0 Å². The van der Waals surface area contributed by atoms with E-state index in [1.54, 1.807) is 11.3 Å².